The first-order valence-corrected chi connectivity index (χ1v) is 14.2. The molecule has 3 saturated heterocycles. The third-order valence-electron chi connectivity index (χ3n) is 9.50. The average Bonchev–Trinajstić information content (AvgIpc) is 3.21. The molecule has 4 fully saturated rings. The van der Waals surface area contributed by atoms with Gasteiger partial charge in [0, 0.05) is 69.8 Å². The van der Waals surface area contributed by atoms with Crippen molar-refractivity contribution < 1.29 is 19.0 Å². The van der Waals surface area contributed by atoms with Gasteiger partial charge in [0.15, 0.2) is 6.29 Å². The summed E-state index contributed by atoms with van der Waals surface area (Å²) in [6, 6.07) is 19.7. The van der Waals surface area contributed by atoms with Gasteiger partial charge in [-0.05, 0) is 67.7 Å². The van der Waals surface area contributed by atoms with E-state index in [0.29, 0.717) is 30.0 Å². The molecule has 1 aliphatic carbocycles. The first kappa shape index (κ1) is 25.5. The molecule has 1 spiro atoms. The molecule has 2 unspecified atom stereocenters. The second-order valence-corrected chi connectivity index (χ2v) is 11.8. The molecule has 0 N–H and O–H groups in total. The number of piperidine rings is 1. The number of fused-ring (bicyclic) bond motifs is 2. The van der Waals surface area contributed by atoms with Crippen LogP contribution in [0.25, 0.3) is 0 Å². The van der Waals surface area contributed by atoms with E-state index in [0.717, 1.165) is 44.6 Å². The van der Waals surface area contributed by atoms with Crippen LogP contribution in [0.2, 0.25) is 0 Å². The molecule has 0 radical (unpaired) electrons. The van der Waals surface area contributed by atoms with Gasteiger partial charge in [0.2, 0.25) is 0 Å². The normalized spacial score (nSPS) is 24.7. The molecule has 4 aliphatic rings. The molecule has 0 aromatic heterocycles. The molecule has 7 heteroatoms. The summed E-state index contributed by atoms with van der Waals surface area (Å²) in [7, 11) is 3.50. The number of rotatable bonds is 7. The van der Waals surface area contributed by atoms with Crippen molar-refractivity contribution in [2.75, 3.05) is 50.2 Å². The van der Waals surface area contributed by atoms with Crippen LogP contribution in [0.3, 0.4) is 0 Å². The highest BCUT2D eigenvalue weighted by atomic mass is 16.7. The molecular formula is C31H41N3O4. The summed E-state index contributed by atoms with van der Waals surface area (Å²) in [5.41, 5.74) is 4.11. The Labute approximate surface area is 226 Å². The molecule has 3 heterocycles. The molecule has 6 rings (SSSR count). The number of anilines is 2. The van der Waals surface area contributed by atoms with E-state index in [1.165, 1.54) is 37.1 Å². The third-order valence-corrected chi connectivity index (χ3v) is 9.50. The Hall–Kier alpha value is -2.77. The van der Waals surface area contributed by atoms with Gasteiger partial charge in [0.05, 0.1) is 0 Å². The second kappa shape index (κ2) is 10.8. The number of nitrogens with zero attached hydrogens (tertiary/aromatic N) is 3. The summed E-state index contributed by atoms with van der Waals surface area (Å²) >= 11 is 0. The van der Waals surface area contributed by atoms with E-state index < -0.39 is 0 Å². The van der Waals surface area contributed by atoms with E-state index >= 15 is 0 Å². The molecule has 204 valence electrons. The molecular weight excluding hydrogens is 478 g/mol. The van der Waals surface area contributed by atoms with Crippen LogP contribution >= 0.6 is 0 Å². The van der Waals surface area contributed by atoms with Crippen molar-refractivity contribution in [1.29, 1.82) is 0 Å². The zero-order valence-electron chi connectivity index (χ0n) is 22.8. The van der Waals surface area contributed by atoms with Crippen molar-refractivity contribution in [2.45, 2.75) is 63.5 Å². The van der Waals surface area contributed by atoms with Gasteiger partial charge < -0.3 is 28.9 Å². The van der Waals surface area contributed by atoms with Crippen molar-refractivity contribution in [1.82, 2.24) is 4.90 Å². The maximum Gasteiger partial charge on any atom is 0.410 e. The summed E-state index contributed by atoms with van der Waals surface area (Å²) in [5, 5.41) is 0. The lowest BCUT2D eigenvalue weighted by Crippen LogP contribution is -2.55. The molecule has 2 bridgehead atoms. The van der Waals surface area contributed by atoms with Crippen LogP contribution in [0.15, 0.2) is 54.6 Å². The van der Waals surface area contributed by atoms with Crippen LogP contribution in [0.1, 0.15) is 44.1 Å². The molecule has 2 atom stereocenters. The maximum atomic E-state index is 12.8. The summed E-state index contributed by atoms with van der Waals surface area (Å²) in [5.74, 6) is 0.532. The van der Waals surface area contributed by atoms with E-state index in [1.54, 1.807) is 14.2 Å². The predicted molar refractivity (Wildman–Crippen MR) is 148 cm³/mol. The minimum absolute atomic E-state index is 0.0584. The monoisotopic (exact) mass is 519 g/mol. The fourth-order valence-corrected chi connectivity index (χ4v) is 7.51. The van der Waals surface area contributed by atoms with Crippen LogP contribution in [-0.4, -0.2) is 69.8 Å². The summed E-state index contributed by atoms with van der Waals surface area (Å²) in [6.07, 6.45) is 6.90. The number of hydrogen-bond acceptors (Lipinski definition) is 6. The summed E-state index contributed by atoms with van der Waals surface area (Å²) in [6.45, 7) is 4.00. The number of carbonyl (C=O) groups is 1. The first-order chi connectivity index (χ1) is 18.6. The van der Waals surface area contributed by atoms with Crippen molar-refractivity contribution in [3.05, 3.63) is 60.2 Å². The second-order valence-electron chi connectivity index (χ2n) is 11.8. The topological polar surface area (TPSA) is 54.5 Å². The number of likely N-dealkylation sites (tertiary alicyclic amines) is 1. The number of piperazine rings is 1. The molecule has 2 aromatic rings. The molecule has 1 saturated carbocycles. The Morgan fingerprint density at radius 2 is 1.58 bits per heavy atom. The van der Waals surface area contributed by atoms with E-state index in [2.05, 4.69) is 34.1 Å². The molecule has 1 amide bonds. The van der Waals surface area contributed by atoms with Crippen molar-refractivity contribution in [3.8, 4) is 0 Å². The van der Waals surface area contributed by atoms with Crippen LogP contribution in [0, 0.1) is 11.3 Å². The highest BCUT2D eigenvalue weighted by Gasteiger charge is 2.49. The van der Waals surface area contributed by atoms with E-state index in [1.807, 2.05) is 35.2 Å². The van der Waals surface area contributed by atoms with Crippen molar-refractivity contribution in [2.24, 2.45) is 11.3 Å². The van der Waals surface area contributed by atoms with Crippen molar-refractivity contribution in [3.63, 3.8) is 0 Å². The summed E-state index contributed by atoms with van der Waals surface area (Å²) < 4.78 is 16.7. The number of benzene rings is 2. The van der Waals surface area contributed by atoms with Gasteiger partial charge in [-0.15, -0.1) is 0 Å². The quantitative estimate of drug-likeness (QED) is 0.463. The van der Waals surface area contributed by atoms with Gasteiger partial charge in [-0.3, -0.25) is 0 Å². The van der Waals surface area contributed by atoms with Gasteiger partial charge in [-0.2, -0.15) is 0 Å². The van der Waals surface area contributed by atoms with Crippen LogP contribution in [0.4, 0.5) is 16.2 Å². The molecule has 7 nitrogen and oxygen atoms in total. The highest BCUT2D eigenvalue weighted by Crippen LogP contribution is 2.54. The smallest absolute Gasteiger partial charge is 0.410 e. The number of hydrogen-bond donors (Lipinski definition) is 0. The van der Waals surface area contributed by atoms with Gasteiger partial charge in [-0.1, -0.05) is 36.4 Å². The standard InChI is InChI=1S/C31H41N3O4/c1-36-29(37-2)24-18-31(19-24)13-15-32(16-14-31)25-9-6-10-26(17-25)34-27-11-12-28(34)21-33(20-27)30(35)38-22-23-7-4-3-5-8-23/h3-10,17,24,27-29H,11-16,18-22H2,1-2H3. The third kappa shape index (κ3) is 4.98. The number of methoxy groups -OCH3 is 2. The minimum atomic E-state index is -0.193. The Kier molecular flexibility index (Phi) is 7.23. The lowest BCUT2D eigenvalue weighted by molar-refractivity contribution is -0.184. The lowest BCUT2D eigenvalue weighted by atomic mass is 9.57. The van der Waals surface area contributed by atoms with Gasteiger partial charge in [0.25, 0.3) is 0 Å². The molecule has 38 heavy (non-hydrogen) atoms. The fourth-order valence-electron chi connectivity index (χ4n) is 7.51. The van der Waals surface area contributed by atoms with Gasteiger partial charge in [0.1, 0.15) is 6.61 Å². The van der Waals surface area contributed by atoms with E-state index in [-0.39, 0.29) is 12.4 Å². The largest absolute Gasteiger partial charge is 0.445 e. The first-order valence-electron chi connectivity index (χ1n) is 14.2. The van der Waals surface area contributed by atoms with E-state index in [9.17, 15) is 4.79 Å². The van der Waals surface area contributed by atoms with Crippen molar-refractivity contribution >= 4 is 17.5 Å². The highest BCUT2D eigenvalue weighted by molar-refractivity contribution is 5.69. The van der Waals surface area contributed by atoms with Crippen LogP contribution in [-0.2, 0) is 20.8 Å². The summed E-state index contributed by atoms with van der Waals surface area (Å²) in [4.78, 5) is 19.9. The molecule has 2 aromatic carbocycles. The maximum absolute atomic E-state index is 12.8. The zero-order chi connectivity index (χ0) is 26.1. The SMILES string of the molecule is COC(OC)C1CC2(CCN(c3cccc(N4C5CCC4CN(C(=O)OCc4ccccc4)C5)c3)CC2)C1. The zero-order valence-corrected chi connectivity index (χ0v) is 22.8. The molecule has 3 aliphatic heterocycles. The Bertz CT molecular complexity index is 1080. The Morgan fingerprint density at radius 1 is 0.921 bits per heavy atom. The van der Waals surface area contributed by atoms with E-state index in [4.69, 9.17) is 14.2 Å². The number of amides is 1. The van der Waals surface area contributed by atoms with Gasteiger partial charge in [-0.25, -0.2) is 4.79 Å². The van der Waals surface area contributed by atoms with Crippen LogP contribution < -0.4 is 9.80 Å². The fraction of sp³-hybridized carbons (Fsp3) is 0.581. The Morgan fingerprint density at radius 3 is 2.24 bits per heavy atom. The minimum Gasteiger partial charge on any atom is -0.445 e. The van der Waals surface area contributed by atoms with Crippen LogP contribution in [0.5, 0.6) is 0 Å². The van der Waals surface area contributed by atoms with Gasteiger partial charge >= 0.3 is 6.09 Å². The predicted octanol–water partition coefficient (Wildman–Crippen LogP) is 5.29. The lowest BCUT2D eigenvalue weighted by Gasteiger charge is -2.54. The number of carbonyl (C=O) groups excluding carboxylic acids is 1. The Balaban J connectivity index is 1.05. The number of ether oxygens (including phenoxy) is 3. The average molecular weight is 520 g/mol.